The molecule has 0 aliphatic carbocycles. The Morgan fingerprint density at radius 3 is 2.13 bits per heavy atom. The molecule has 82 valence electrons. The van der Waals surface area contributed by atoms with E-state index in [-0.39, 0.29) is 5.91 Å². The molecule has 2 nitrogen and oxygen atoms in total. The number of carbonyl (C=O) groups is 1. The summed E-state index contributed by atoms with van der Waals surface area (Å²) in [6.45, 7) is 5.56. The van der Waals surface area contributed by atoms with Crippen LogP contribution in [0.15, 0.2) is 24.3 Å². The number of nitrogens with zero attached hydrogens (tertiary/aromatic N) is 1. The van der Waals surface area contributed by atoms with E-state index < -0.39 is 0 Å². The molecule has 1 rings (SSSR count). The molecule has 0 bridgehead atoms. The van der Waals surface area contributed by atoms with Gasteiger partial charge >= 0.3 is 97.6 Å². The van der Waals surface area contributed by atoms with Gasteiger partial charge in [-0.05, 0) is 0 Å². The third-order valence-electron chi connectivity index (χ3n) is 2.39. The monoisotopic (exact) mass is 271 g/mol. The normalized spacial score (nSPS) is 10.1. The van der Waals surface area contributed by atoms with Gasteiger partial charge in [-0.1, -0.05) is 0 Å². The van der Waals surface area contributed by atoms with Crippen LogP contribution in [-0.2, 0) is 0 Å². The fourth-order valence-corrected chi connectivity index (χ4v) is 2.28. The van der Waals surface area contributed by atoms with Gasteiger partial charge in [-0.3, -0.25) is 0 Å². The van der Waals surface area contributed by atoms with Gasteiger partial charge in [-0.2, -0.15) is 0 Å². The second-order valence-corrected chi connectivity index (χ2v) is 5.05. The van der Waals surface area contributed by atoms with E-state index in [4.69, 9.17) is 0 Å². The molecule has 15 heavy (non-hydrogen) atoms. The maximum atomic E-state index is 11.9. The van der Waals surface area contributed by atoms with Gasteiger partial charge in [0.15, 0.2) is 0 Å². The zero-order valence-corrected chi connectivity index (χ0v) is 11.2. The van der Waals surface area contributed by atoms with Gasteiger partial charge in [0.1, 0.15) is 0 Å². The van der Waals surface area contributed by atoms with Crippen molar-refractivity contribution in [1.29, 1.82) is 0 Å². The molecule has 3 heteroatoms. The first kappa shape index (κ1) is 12.3. The molecule has 0 aliphatic heterocycles. The van der Waals surface area contributed by atoms with Crippen molar-refractivity contribution >= 4 is 25.3 Å². The summed E-state index contributed by atoms with van der Waals surface area (Å²) >= 11 is 0.511. The summed E-state index contributed by atoms with van der Waals surface area (Å²) in [7, 11) is 0. The quantitative estimate of drug-likeness (QED) is 0.760. The Balaban J connectivity index is 2.82. The van der Waals surface area contributed by atoms with Crippen molar-refractivity contribution in [2.24, 2.45) is 0 Å². The topological polar surface area (TPSA) is 20.3 Å². The minimum atomic E-state index is 0.134. The fraction of sp³-hybridized carbons (Fsp3) is 0.417. The predicted octanol–water partition coefficient (Wildman–Crippen LogP) is 1.55. The average molecular weight is 270 g/mol. The van der Waals surface area contributed by atoms with Crippen molar-refractivity contribution in [3.05, 3.63) is 29.8 Å². The molecule has 0 fully saturated rings. The summed E-state index contributed by atoms with van der Waals surface area (Å²) in [6, 6.07) is 7.97. The molecule has 0 atom stereocenters. The number of rotatable bonds is 4. The van der Waals surface area contributed by atoms with Gasteiger partial charge in [0.25, 0.3) is 0 Å². The van der Waals surface area contributed by atoms with Gasteiger partial charge in [0.2, 0.25) is 0 Å². The zero-order chi connectivity index (χ0) is 11.3. The molecule has 1 aromatic carbocycles. The molecule has 1 aromatic rings. The molecule has 0 N–H and O–H groups in total. The molecule has 0 heterocycles. The molecule has 0 aromatic heterocycles. The van der Waals surface area contributed by atoms with Gasteiger partial charge < -0.3 is 0 Å². The number of hydrogen-bond donors (Lipinski definition) is 0. The Kier molecular flexibility index (Phi) is 4.86. The standard InChI is InChI=1S/C12H17NOSe/c1-4-13(5-2)12(14)10-6-8-11(15-3)9-7-10/h6-9H,4-5H2,1-3H3. The molecule has 0 saturated heterocycles. The summed E-state index contributed by atoms with van der Waals surface area (Å²) in [6.07, 6.45) is 0. The van der Waals surface area contributed by atoms with Crippen LogP contribution in [0.1, 0.15) is 24.2 Å². The van der Waals surface area contributed by atoms with Gasteiger partial charge in [0.05, 0.1) is 0 Å². The van der Waals surface area contributed by atoms with Crippen LogP contribution in [0.5, 0.6) is 0 Å². The summed E-state index contributed by atoms with van der Waals surface area (Å²) < 4.78 is 1.33. The van der Waals surface area contributed by atoms with Crippen LogP contribution in [0.2, 0.25) is 5.82 Å². The van der Waals surface area contributed by atoms with Crippen LogP contribution in [-0.4, -0.2) is 38.9 Å². The fourth-order valence-electron chi connectivity index (χ4n) is 1.43. The third kappa shape index (κ3) is 3.08. The first-order chi connectivity index (χ1) is 7.22. The SMILES string of the molecule is CCN(CC)C(=O)c1ccc([Se]C)cc1. The molecular formula is C12H17NOSe. The van der Waals surface area contributed by atoms with E-state index in [1.54, 1.807) is 0 Å². The summed E-state index contributed by atoms with van der Waals surface area (Å²) in [5.41, 5.74) is 0.798. The van der Waals surface area contributed by atoms with Crippen molar-refractivity contribution in [3.63, 3.8) is 0 Å². The zero-order valence-electron chi connectivity index (χ0n) is 9.49. The Bertz CT molecular complexity index is 317. The van der Waals surface area contributed by atoms with Crippen LogP contribution in [0, 0.1) is 0 Å². The molecule has 0 unspecified atom stereocenters. The maximum absolute atomic E-state index is 11.9. The predicted molar refractivity (Wildman–Crippen MR) is 64.9 cm³/mol. The summed E-state index contributed by atoms with van der Waals surface area (Å²) in [4.78, 5) is 13.8. The van der Waals surface area contributed by atoms with Crippen LogP contribution in [0.4, 0.5) is 0 Å². The van der Waals surface area contributed by atoms with E-state index >= 15 is 0 Å². The molecule has 0 spiro atoms. The van der Waals surface area contributed by atoms with Crippen molar-refractivity contribution in [2.75, 3.05) is 13.1 Å². The second-order valence-electron chi connectivity index (χ2n) is 3.21. The van der Waals surface area contributed by atoms with Gasteiger partial charge in [-0.25, -0.2) is 0 Å². The van der Waals surface area contributed by atoms with E-state index in [9.17, 15) is 4.79 Å². The number of amides is 1. The Hall–Kier alpha value is -0.791. The van der Waals surface area contributed by atoms with Crippen LogP contribution in [0.3, 0.4) is 0 Å². The van der Waals surface area contributed by atoms with Crippen LogP contribution < -0.4 is 4.46 Å². The van der Waals surface area contributed by atoms with E-state index in [1.807, 2.05) is 30.9 Å². The van der Waals surface area contributed by atoms with Crippen molar-refractivity contribution < 1.29 is 4.79 Å². The van der Waals surface area contributed by atoms with Gasteiger partial charge in [-0.15, -0.1) is 0 Å². The first-order valence-electron chi connectivity index (χ1n) is 5.16. The second kappa shape index (κ2) is 5.94. The Morgan fingerprint density at radius 1 is 1.20 bits per heavy atom. The molecule has 0 saturated carbocycles. The van der Waals surface area contributed by atoms with Crippen LogP contribution >= 0.6 is 0 Å². The van der Waals surface area contributed by atoms with Crippen LogP contribution in [0.25, 0.3) is 0 Å². The third-order valence-corrected chi connectivity index (χ3v) is 3.95. The number of benzene rings is 1. The molecular weight excluding hydrogens is 253 g/mol. The number of carbonyl (C=O) groups excluding carboxylic acids is 1. The molecule has 0 aliphatic rings. The van der Waals surface area contributed by atoms with Crippen molar-refractivity contribution in [3.8, 4) is 0 Å². The van der Waals surface area contributed by atoms with Gasteiger partial charge in [0, 0.05) is 0 Å². The van der Waals surface area contributed by atoms with E-state index in [1.165, 1.54) is 4.46 Å². The summed E-state index contributed by atoms with van der Waals surface area (Å²) in [5, 5.41) is 0. The number of hydrogen-bond acceptors (Lipinski definition) is 1. The minimum absolute atomic E-state index is 0.134. The first-order valence-corrected chi connectivity index (χ1v) is 7.73. The summed E-state index contributed by atoms with van der Waals surface area (Å²) in [5.74, 6) is 2.31. The van der Waals surface area contributed by atoms with Crippen molar-refractivity contribution in [2.45, 2.75) is 19.7 Å². The van der Waals surface area contributed by atoms with E-state index in [0.29, 0.717) is 15.0 Å². The molecule has 0 radical (unpaired) electrons. The van der Waals surface area contributed by atoms with E-state index in [2.05, 4.69) is 18.0 Å². The Morgan fingerprint density at radius 2 is 1.73 bits per heavy atom. The average Bonchev–Trinajstić information content (AvgIpc) is 2.30. The Labute approximate surface area is 97.8 Å². The van der Waals surface area contributed by atoms with E-state index in [0.717, 1.165) is 18.7 Å². The molecule has 1 amide bonds. The van der Waals surface area contributed by atoms with Crippen molar-refractivity contribution in [1.82, 2.24) is 4.90 Å².